The molecule has 0 amide bonds. The zero-order chi connectivity index (χ0) is 11.5. The van der Waals surface area contributed by atoms with Gasteiger partial charge in [-0.3, -0.25) is 0 Å². The van der Waals surface area contributed by atoms with E-state index in [0.717, 1.165) is 18.5 Å². The third kappa shape index (κ3) is 10.7. The van der Waals surface area contributed by atoms with E-state index in [-0.39, 0.29) is 0 Å². The first kappa shape index (κ1) is 15.5. The first-order valence-corrected chi connectivity index (χ1v) is 8.19. The van der Waals surface area contributed by atoms with E-state index in [1.165, 1.54) is 25.7 Å². The molecule has 0 rings (SSSR count). The molecular formula is C12H27AlO2. The molecule has 0 atom stereocenters. The summed E-state index contributed by atoms with van der Waals surface area (Å²) in [6.45, 7) is 10.7. The van der Waals surface area contributed by atoms with E-state index in [0.29, 0.717) is 5.92 Å². The van der Waals surface area contributed by atoms with Crippen LogP contribution in [0.4, 0.5) is 0 Å². The van der Waals surface area contributed by atoms with Crippen molar-refractivity contribution >= 4 is 14.8 Å². The van der Waals surface area contributed by atoms with Gasteiger partial charge in [-0.1, -0.05) is 46.5 Å². The molecule has 0 heterocycles. The van der Waals surface area contributed by atoms with Gasteiger partial charge in [-0.2, -0.15) is 0 Å². The van der Waals surface area contributed by atoms with Crippen molar-refractivity contribution in [1.82, 2.24) is 0 Å². The normalized spacial score (nSPS) is 11.0. The fraction of sp³-hybridized carbons (Fsp3) is 1.00. The van der Waals surface area contributed by atoms with Gasteiger partial charge in [0.15, 0.2) is 0 Å². The predicted molar refractivity (Wildman–Crippen MR) is 67.1 cm³/mol. The molecule has 0 aliphatic heterocycles. The summed E-state index contributed by atoms with van der Waals surface area (Å²) in [5.41, 5.74) is 0. The molecule has 0 saturated heterocycles. The highest BCUT2D eigenvalue weighted by atomic mass is 27.2. The zero-order valence-electron chi connectivity index (χ0n) is 10.9. The van der Waals surface area contributed by atoms with Gasteiger partial charge in [0.05, 0.1) is 0 Å². The van der Waals surface area contributed by atoms with Gasteiger partial charge in [0, 0.05) is 13.2 Å². The average molecular weight is 230 g/mol. The molecule has 0 radical (unpaired) electrons. The van der Waals surface area contributed by atoms with Crippen molar-refractivity contribution < 1.29 is 7.58 Å². The van der Waals surface area contributed by atoms with Crippen LogP contribution in [0.3, 0.4) is 0 Å². The first-order valence-electron chi connectivity index (χ1n) is 6.43. The van der Waals surface area contributed by atoms with E-state index >= 15 is 0 Å². The van der Waals surface area contributed by atoms with Gasteiger partial charge >= 0.3 is 14.8 Å². The molecule has 3 heteroatoms. The summed E-state index contributed by atoms with van der Waals surface area (Å²) < 4.78 is 11.7. The third-order valence-corrected chi connectivity index (χ3v) is 4.81. The molecule has 0 saturated carbocycles. The highest BCUT2D eigenvalue weighted by Crippen LogP contribution is 2.09. The van der Waals surface area contributed by atoms with Gasteiger partial charge in [-0.15, -0.1) is 0 Å². The maximum absolute atomic E-state index is 5.86. The van der Waals surface area contributed by atoms with Crippen LogP contribution in [-0.2, 0) is 7.58 Å². The Balaban J connectivity index is 3.63. The molecule has 0 aliphatic carbocycles. The fourth-order valence-corrected chi connectivity index (χ4v) is 3.28. The van der Waals surface area contributed by atoms with Crippen LogP contribution in [0, 0.1) is 5.92 Å². The van der Waals surface area contributed by atoms with E-state index in [1.54, 1.807) is 0 Å². The minimum atomic E-state index is -1.35. The largest absolute Gasteiger partial charge is 0.674 e. The molecule has 0 aliphatic rings. The second-order valence-electron chi connectivity index (χ2n) is 4.51. The highest BCUT2D eigenvalue weighted by Gasteiger charge is 2.25. The molecule has 0 aromatic carbocycles. The number of hydrogen-bond acceptors (Lipinski definition) is 2. The quantitative estimate of drug-likeness (QED) is 0.420. The van der Waals surface area contributed by atoms with Crippen LogP contribution in [0.2, 0.25) is 5.28 Å². The average Bonchev–Trinajstić information content (AvgIpc) is 2.17. The molecule has 0 aromatic heterocycles. The summed E-state index contributed by atoms with van der Waals surface area (Å²) in [7, 11) is 0. The Morgan fingerprint density at radius 3 is 1.73 bits per heavy atom. The van der Waals surface area contributed by atoms with Crippen molar-refractivity contribution in [1.29, 1.82) is 0 Å². The van der Waals surface area contributed by atoms with Crippen LogP contribution < -0.4 is 0 Å². The lowest BCUT2D eigenvalue weighted by molar-refractivity contribution is 0.188. The van der Waals surface area contributed by atoms with Crippen LogP contribution in [0.1, 0.15) is 53.4 Å². The number of rotatable bonds is 10. The van der Waals surface area contributed by atoms with Crippen molar-refractivity contribution in [3.63, 3.8) is 0 Å². The molecule has 0 spiro atoms. The lowest BCUT2D eigenvalue weighted by atomic mass is 10.3. The Hall–Kier alpha value is 0.452. The summed E-state index contributed by atoms with van der Waals surface area (Å²) in [4.78, 5) is 0. The molecule has 0 bridgehead atoms. The minimum absolute atomic E-state index is 0.699. The summed E-state index contributed by atoms with van der Waals surface area (Å²) in [6, 6.07) is 0. The molecule has 0 N–H and O–H groups in total. The maximum atomic E-state index is 5.86. The lowest BCUT2D eigenvalue weighted by Gasteiger charge is -2.15. The fourth-order valence-electron chi connectivity index (χ4n) is 1.29. The van der Waals surface area contributed by atoms with Crippen LogP contribution in [0.25, 0.3) is 0 Å². The summed E-state index contributed by atoms with van der Waals surface area (Å²) >= 11 is -1.35. The van der Waals surface area contributed by atoms with Crippen LogP contribution in [0.5, 0.6) is 0 Å². The monoisotopic (exact) mass is 230 g/mol. The zero-order valence-corrected chi connectivity index (χ0v) is 12.1. The number of unbranched alkanes of at least 4 members (excludes halogenated alkanes) is 2. The van der Waals surface area contributed by atoms with Gasteiger partial charge in [0.1, 0.15) is 0 Å². The smallest absolute Gasteiger partial charge is 0.478 e. The molecule has 0 unspecified atom stereocenters. The molecule has 0 fully saturated rings. The standard InChI is InChI=1S/2C4H9O.C4H9.Al/c2*1-2-3-4-5;1-4(2)3;/h2*2-4H2,1H3;4H,1H2,2-3H3;/q2*-1;;+2. The number of hydrogen-bond donors (Lipinski definition) is 0. The van der Waals surface area contributed by atoms with Crippen molar-refractivity contribution in [3.05, 3.63) is 0 Å². The topological polar surface area (TPSA) is 18.5 Å². The Labute approximate surface area is 100 Å². The molecule has 15 heavy (non-hydrogen) atoms. The van der Waals surface area contributed by atoms with E-state index in [9.17, 15) is 0 Å². The van der Waals surface area contributed by atoms with Crippen molar-refractivity contribution in [2.75, 3.05) is 13.2 Å². The van der Waals surface area contributed by atoms with Crippen molar-refractivity contribution in [2.45, 2.75) is 58.7 Å². The van der Waals surface area contributed by atoms with Crippen LogP contribution >= 0.6 is 0 Å². The molecule has 2 nitrogen and oxygen atoms in total. The Bertz CT molecular complexity index is 119. The van der Waals surface area contributed by atoms with E-state index < -0.39 is 14.8 Å². The van der Waals surface area contributed by atoms with Crippen molar-refractivity contribution in [3.8, 4) is 0 Å². The second kappa shape index (κ2) is 11.0. The first-order chi connectivity index (χ1) is 7.20. The lowest BCUT2D eigenvalue weighted by Crippen LogP contribution is -2.25. The van der Waals surface area contributed by atoms with E-state index in [2.05, 4.69) is 27.7 Å². The molecule has 0 aromatic rings. The van der Waals surface area contributed by atoms with Crippen LogP contribution in [0.15, 0.2) is 0 Å². The van der Waals surface area contributed by atoms with Gasteiger partial charge in [-0.05, 0) is 18.1 Å². The van der Waals surface area contributed by atoms with Gasteiger partial charge in [-0.25, -0.2) is 0 Å². The summed E-state index contributed by atoms with van der Waals surface area (Å²) in [5.74, 6) is 0.699. The third-order valence-electron chi connectivity index (χ3n) is 2.27. The Morgan fingerprint density at radius 2 is 1.40 bits per heavy atom. The Kier molecular flexibility index (Phi) is 11.3. The van der Waals surface area contributed by atoms with Gasteiger partial charge in [0.25, 0.3) is 0 Å². The van der Waals surface area contributed by atoms with Gasteiger partial charge in [0.2, 0.25) is 0 Å². The minimum Gasteiger partial charge on any atom is -0.478 e. The Morgan fingerprint density at radius 1 is 0.933 bits per heavy atom. The van der Waals surface area contributed by atoms with Gasteiger partial charge < -0.3 is 7.58 Å². The van der Waals surface area contributed by atoms with Crippen molar-refractivity contribution in [2.24, 2.45) is 5.92 Å². The van der Waals surface area contributed by atoms with Crippen LogP contribution in [-0.4, -0.2) is 28.0 Å². The summed E-state index contributed by atoms with van der Waals surface area (Å²) in [6.07, 6.45) is 4.74. The molecular weight excluding hydrogens is 203 g/mol. The van der Waals surface area contributed by atoms with E-state index in [4.69, 9.17) is 7.58 Å². The summed E-state index contributed by atoms with van der Waals surface area (Å²) in [5, 5.41) is 1.15. The predicted octanol–water partition coefficient (Wildman–Crippen LogP) is 3.76. The molecule has 90 valence electrons. The highest BCUT2D eigenvalue weighted by molar-refractivity contribution is 6.44. The maximum Gasteiger partial charge on any atom is 0.674 e. The SMILES string of the molecule is CCCC[O][Al]([CH2]C(C)C)[O]CCCC. The second-order valence-corrected chi connectivity index (χ2v) is 6.50. The van der Waals surface area contributed by atoms with E-state index in [1.807, 2.05) is 0 Å².